The predicted octanol–water partition coefficient (Wildman–Crippen LogP) is 3.45. The first-order valence-corrected chi connectivity index (χ1v) is 12.7. The van der Waals surface area contributed by atoms with E-state index in [1.165, 1.54) is 22.9 Å². The monoisotopic (exact) mass is 483 g/mol. The van der Waals surface area contributed by atoms with Crippen molar-refractivity contribution in [1.82, 2.24) is 14.3 Å². The lowest BCUT2D eigenvalue weighted by molar-refractivity contribution is -0.137. The predicted molar refractivity (Wildman–Crippen MR) is 121 cm³/mol. The van der Waals surface area contributed by atoms with Crippen molar-refractivity contribution in [2.24, 2.45) is 0 Å². The lowest BCUT2D eigenvalue weighted by atomic mass is 10.1. The van der Waals surface area contributed by atoms with Gasteiger partial charge in [-0.25, -0.2) is 13.4 Å². The van der Waals surface area contributed by atoms with Gasteiger partial charge in [-0.2, -0.15) is 22.5 Å². The first-order valence-electron chi connectivity index (χ1n) is 11.1. The molecule has 33 heavy (non-hydrogen) atoms. The molecule has 4 rings (SSSR count). The van der Waals surface area contributed by atoms with E-state index >= 15 is 0 Å². The Morgan fingerprint density at radius 3 is 2.12 bits per heavy atom. The molecule has 0 bridgehead atoms. The smallest absolute Gasteiger partial charge is 0.354 e. The summed E-state index contributed by atoms with van der Waals surface area (Å²) in [7, 11) is -3.64. The van der Waals surface area contributed by atoms with Crippen molar-refractivity contribution in [3.8, 4) is 0 Å². The summed E-state index contributed by atoms with van der Waals surface area (Å²) in [4.78, 5) is 13.6. The fraction of sp³-hybridized carbons (Fsp3) is 0.545. The van der Waals surface area contributed by atoms with Gasteiger partial charge in [0.1, 0.15) is 5.82 Å². The van der Waals surface area contributed by atoms with Gasteiger partial charge in [-0.1, -0.05) is 12.1 Å². The van der Waals surface area contributed by atoms with E-state index in [4.69, 9.17) is 4.98 Å². The van der Waals surface area contributed by atoms with Crippen molar-refractivity contribution in [3.63, 3.8) is 0 Å². The topological polar surface area (TPSA) is 69.6 Å². The molecule has 0 amide bonds. The van der Waals surface area contributed by atoms with Crippen molar-refractivity contribution < 1.29 is 21.6 Å². The number of piperazine rings is 1. The Kier molecular flexibility index (Phi) is 6.81. The maximum Gasteiger partial charge on any atom is 0.416 e. The number of sulfonamides is 1. The van der Waals surface area contributed by atoms with Crippen molar-refractivity contribution in [3.05, 3.63) is 47.2 Å². The standard InChI is InChI=1S/C22H28F3N5O2S/c1-17-15-20(27-21(26-17)29-9-3-2-4-10-29)28-11-13-30(14-12-28)33(31,32)16-18-5-7-19(8-6-18)22(23,24)25/h5-8,15H,2-4,9-14,16H2,1H3. The van der Waals surface area contributed by atoms with Crippen LogP contribution in [-0.2, 0) is 22.0 Å². The maximum absolute atomic E-state index is 12.8. The third kappa shape index (κ3) is 5.75. The molecule has 0 aliphatic carbocycles. The summed E-state index contributed by atoms with van der Waals surface area (Å²) < 4.78 is 65.3. The number of aryl methyl sites for hydroxylation is 1. The molecule has 0 unspecified atom stereocenters. The highest BCUT2D eigenvalue weighted by atomic mass is 32.2. The highest BCUT2D eigenvalue weighted by molar-refractivity contribution is 7.88. The zero-order valence-electron chi connectivity index (χ0n) is 18.6. The van der Waals surface area contributed by atoms with Crippen LogP contribution in [0.1, 0.15) is 36.1 Å². The molecule has 11 heteroatoms. The van der Waals surface area contributed by atoms with Gasteiger partial charge < -0.3 is 9.80 Å². The fourth-order valence-corrected chi connectivity index (χ4v) is 5.74. The van der Waals surface area contributed by atoms with Crippen LogP contribution in [0, 0.1) is 6.92 Å². The highest BCUT2D eigenvalue weighted by Gasteiger charge is 2.31. The highest BCUT2D eigenvalue weighted by Crippen LogP contribution is 2.29. The van der Waals surface area contributed by atoms with E-state index in [1.807, 2.05) is 13.0 Å². The molecule has 1 aromatic carbocycles. The molecule has 2 aliphatic heterocycles. The maximum atomic E-state index is 12.8. The molecular formula is C22H28F3N5O2S. The number of hydrogen-bond donors (Lipinski definition) is 0. The minimum Gasteiger partial charge on any atom is -0.354 e. The van der Waals surface area contributed by atoms with Crippen molar-refractivity contribution >= 4 is 21.8 Å². The van der Waals surface area contributed by atoms with Gasteiger partial charge in [0, 0.05) is 51.0 Å². The van der Waals surface area contributed by atoms with Gasteiger partial charge in [-0.05, 0) is 43.9 Å². The number of aromatic nitrogens is 2. The molecule has 2 aromatic rings. The Morgan fingerprint density at radius 1 is 0.879 bits per heavy atom. The number of anilines is 2. The van der Waals surface area contributed by atoms with Crippen molar-refractivity contribution in [2.45, 2.75) is 38.1 Å². The summed E-state index contributed by atoms with van der Waals surface area (Å²) in [5.74, 6) is 1.20. The van der Waals surface area contributed by atoms with Crippen LogP contribution in [-0.4, -0.2) is 62.0 Å². The van der Waals surface area contributed by atoms with E-state index in [-0.39, 0.29) is 5.75 Å². The van der Waals surface area contributed by atoms with E-state index in [0.717, 1.165) is 55.5 Å². The van der Waals surface area contributed by atoms with Gasteiger partial charge in [0.25, 0.3) is 0 Å². The molecule has 0 spiro atoms. The Labute approximate surface area is 192 Å². The molecule has 2 saturated heterocycles. The van der Waals surface area contributed by atoms with E-state index in [1.54, 1.807) is 0 Å². The van der Waals surface area contributed by atoms with Crippen LogP contribution in [0.2, 0.25) is 0 Å². The molecule has 7 nitrogen and oxygen atoms in total. The van der Waals surface area contributed by atoms with Crippen LogP contribution in [0.15, 0.2) is 30.3 Å². The second-order valence-electron chi connectivity index (χ2n) is 8.55. The van der Waals surface area contributed by atoms with Gasteiger partial charge in [-0.15, -0.1) is 0 Å². The number of piperidine rings is 1. The minimum atomic E-state index is -4.44. The minimum absolute atomic E-state index is 0.297. The summed E-state index contributed by atoms with van der Waals surface area (Å²) in [5, 5.41) is 0. The van der Waals surface area contributed by atoms with Gasteiger partial charge in [0.15, 0.2) is 0 Å². The van der Waals surface area contributed by atoms with Crippen molar-refractivity contribution in [1.29, 1.82) is 0 Å². The van der Waals surface area contributed by atoms with Gasteiger partial charge in [0.05, 0.1) is 11.3 Å². The summed E-state index contributed by atoms with van der Waals surface area (Å²) in [6, 6.07) is 6.20. The number of hydrogen-bond acceptors (Lipinski definition) is 6. The first kappa shape index (κ1) is 23.7. The molecule has 0 radical (unpaired) electrons. The van der Waals surface area contributed by atoms with Crippen LogP contribution in [0.4, 0.5) is 24.9 Å². The number of nitrogens with zero attached hydrogens (tertiary/aromatic N) is 5. The summed E-state index contributed by atoms with van der Waals surface area (Å²) in [5.41, 5.74) is 0.419. The second kappa shape index (κ2) is 9.46. The number of halogens is 3. The van der Waals surface area contributed by atoms with Gasteiger partial charge in [0.2, 0.25) is 16.0 Å². The van der Waals surface area contributed by atoms with Crippen LogP contribution in [0.3, 0.4) is 0 Å². The van der Waals surface area contributed by atoms with Crippen LogP contribution in [0.25, 0.3) is 0 Å². The number of alkyl halides is 3. The summed E-state index contributed by atoms with van der Waals surface area (Å²) in [6.45, 7) is 5.39. The van der Waals surface area contributed by atoms with E-state index in [2.05, 4.69) is 14.8 Å². The normalized spacial score (nSPS) is 18.5. The van der Waals surface area contributed by atoms with Gasteiger partial charge >= 0.3 is 6.18 Å². The molecule has 180 valence electrons. The molecule has 2 aliphatic rings. The summed E-state index contributed by atoms with van der Waals surface area (Å²) >= 11 is 0. The average Bonchev–Trinajstić information content (AvgIpc) is 2.79. The Bertz CT molecular complexity index is 1060. The molecule has 2 fully saturated rings. The average molecular weight is 484 g/mol. The Hall–Kier alpha value is -2.40. The Morgan fingerprint density at radius 2 is 1.52 bits per heavy atom. The fourth-order valence-electron chi connectivity index (χ4n) is 4.22. The SMILES string of the molecule is Cc1cc(N2CCN(S(=O)(=O)Cc3ccc(C(F)(F)F)cc3)CC2)nc(N2CCCCC2)n1. The first-order chi connectivity index (χ1) is 15.6. The van der Waals surface area contributed by atoms with E-state index in [0.29, 0.717) is 31.7 Å². The van der Waals surface area contributed by atoms with Crippen LogP contribution >= 0.6 is 0 Å². The molecular weight excluding hydrogens is 455 g/mol. The van der Waals surface area contributed by atoms with Crippen molar-refractivity contribution in [2.75, 3.05) is 49.1 Å². The third-order valence-corrected chi connectivity index (χ3v) is 7.90. The lowest BCUT2D eigenvalue weighted by Gasteiger charge is -2.35. The van der Waals surface area contributed by atoms with E-state index in [9.17, 15) is 21.6 Å². The van der Waals surface area contributed by atoms with Gasteiger partial charge in [-0.3, -0.25) is 0 Å². The zero-order valence-corrected chi connectivity index (χ0v) is 19.4. The van der Waals surface area contributed by atoms with Crippen LogP contribution < -0.4 is 9.80 Å². The number of rotatable bonds is 5. The zero-order chi connectivity index (χ0) is 23.6. The van der Waals surface area contributed by atoms with Crippen LogP contribution in [0.5, 0.6) is 0 Å². The lowest BCUT2D eigenvalue weighted by Crippen LogP contribution is -2.49. The Balaban J connectivity index is 1.39. The molecule has 3 heterocycles. The summed E-state index contributed by atoms with van der Waals surface area (Å²) in [6.07, 6.45) is -0.969. The largest absolute Gasteiger partial charge is 0.416 e. The quantitative estimate of drug-likeness (QED) is 0.649. The third-order valence-electron chi connectivity index (χ3n) is 6.05. The van der Waals surface area contributed by atoms with E-state index < -0.39 is 21.8 Å². The number of benzene rings is 1. The molecule has 0 saturated carbocycles. The molecule has 1 aromatic heterocycles. The second-order valence-corrected chi connectivity index (χ2v) is 10.5. The molecule has 0 atom stereocenters. The molecule has 0 N–H and O–H groups in total.